The molecule has 0 bridgehead atoms. The number of aromatic nitrogens is 2. The molecule has 4 aliphatic rings. The molecule has 2 fully saturated rings. The van der Waals surface area contributed by atoms with Crippen LogP contribution in [0.25, 0.3) is 5.57 Å². The fraction of sp³-hybridized carbons (Fsp3) is 0.667. The van der Waals surface area contributed by atoms with Crippen LogP contribution < -0.4 is 5.32 Å². The van der Waals surface area contributed by atoms with Crippen molar-refractivity contribution < 1.29 is 4.74 Å². The number of nitrogens with one attached hydrogen (secondary N) is 1. The summed E-state index contributed by atoms with van der Waals surface area (Å²) in [5.74, 6) is 1.78. The highest BCUT2D eigenvalue weighted by Gasteiger charge is 2.25. The summed E-state index contributed by atoms with van der Waals surface area (Å²) >= 11 is 0. The molecule has 37 heavy (non-hydrogen) atoms. The van der Waals surface area contributed by atoms with Crippen molar-refractivity contribution in [3.05, 3.63) is 47.1 Å². The van der Waals surface area contributed by atoms with Crippen LogP contribution >= 0.6 is 0 Å². The molecule has 2 atom stereocenters. The van der Waals surface area contributed by atoms with Gasteiger partial charge in [0.2, 0.25) is 0 Å². The maximum Gasteiger partial charge on any atom is 0.161 e. The Hall–Kier alpha value is -2.22. The fourth-order valence-electron chi connectivity index (χ4n) is 6.08. The summed E-state index contributed by atoms with van der Waals surface area (Å²) in [6, 6.07) is 0.638. The summed E-state index contributed by atoms with van der Waals surface area (Å²) < 4.78 is 5.98. The maximum atomic E-state index is 5.98. The van der Waals surface area contributed by atoms with Crippen LogP contribution in [0, 0.1) is 0 Å². The lowest BCUT2D eigenvalue weighted by molar-refractivity contribution is 0.0398. The van der Waals surface area contributed by atoms with Crippen molar-refractivity contribution in [1.29, 1.82) is 0 Å². The van der Waals surface area contributed by atoms with E-state index < -0.39 is 0 Å². The van der Waals surface area contributed by atoms with Gasteiger partial charge in [0.25, 0.3) is 0 Å². The van der Waals surface area contributed by atoms with Gasteiger partial charge in [-0.05, 0) is 116 Å². The molecule has 1 aromatic heterocycles. The van der Waals surface area contributed by atoms with E-state index in [2.05, 4.69) is 65.3 Å². The SMILES string of the molecule is C/C=C(\C=C1\C=CN(C2CCCN(C)CC2)C1)c1nc2c(c(NCCCN3CCCC3)n1)COC(C)C2. The number of ether oxygens (including phenoxy) is 1. The van der Waals surface area contributed by atoms with Gasteiger partial charge in [0.15, 0.2) is 5.82 Å². The zero-order valence-electron chi connectivity index (χ0n) is 23.2. The predicted molar refractivity (Wildman–Crippen MR) is 151 cm³/mol. The van der Waals surface area contributed by atoms with Crippen molar-refractivity contribution in [3.63, 3.8) is 0 Å². The van der Waals surface area contributed by atoms with Crippen LogP contribution in [0.3, 0.4) is 0 Å². The number of anilines is 1. The third-order valence-electron chi connectivity index (χ3n) is 8.37. The van der Waals surface area contributed by atoms with Crippen LogP contribution in [0.1, 0.15) is 69.5 Å². The van der Waals surface area contributed by atoms with Gasteiger partial charge in [-0.25, -0.2) is 9.97 Å². The van der Waals surface area contributed by atoms with Gasteiger partial charge in [-0.2, -0.15) is 0 Å². The molecule has 0 radical (unpaired) electrons. The molecule has 202 valence electrons. The molecule has 7 heteroatoms. The summed E-state index contributed by atoms with van der Waals surface area (Å²) in [6.45, 7) is 12.8. The Bertz CT molecular complexity index is 1010. The minimum absolute atomic E-state index is 0.190. The highest BCUT2D eigenvalue weighted by atomic mass is 16.5. The second-order valence-electron chi connectivity index (χ2n) is 11.3. The Morgan fingerprint density at radius 3 is 2.84 bits per heavy atom. The molecule has 1 N–H and O–H groups in total. The number of fused-ring (bicyclic) bond motifs is 1. The Morgan fingerprint density at radius 2 is 2.00 bits per heavy atom. The van der Waals surface area contributed by atoms with Crippen molar-refractivity contribution in [2.75, 3.05) is 58.2 Å². The second-order valence-corrected chi connectivity index (χ2v) is 11.3. The Morgan fingerprint density at radius 1 is 1.14 bits per heavy atom. The second kappa shape index (κ2) is 12.5. The average molecular weight is 507 g/mol. The molecule has 0 aromatic carbocycles. The molecule has 1 aromatic rings. The van der Waals surface area contributed by atoms with E-state index in [0.717, 1.165) is 60.9 Å². The number of rotatable bonds is 8. The first-order valence-electron chi connectivity index (χ1n) is 14.6. The van der Waals surface area contributed by atoms with E-state index in [1.54, 1.807) is 0 Å². The fourth-order valence-corrected chi connectivity index (χ4v) is 6.08. The third kappa shape index (κ3) is 6.81. The number of likely N-dealkylation sites (tertiary alicyclic amines) is 2. The van der Waals surface area contributed by atoms with Crippen LogP contribution in [-0.4, -0.2) is 89.7 Å². The largest absolute Gasteiger partial charge is 0.373 e. The molecule has 0 aliphatic carbocycles. The zero-order valence-corrected chi connectivity index (χ0v) is 23.2. The number of nitrogens with zero attached hydrogens (tertiary/aromatic N) is 5. The van der Waals surface area contributed by atoms with Crippen molar-refractivity contribution in [2.45, 2.75) is 77.5 Å². The molecule has 5 rings (SSSR count). The quantitative estimate of drug-likeness (QED) is 0.522. The molecule has 7 nitrogen and oxygen atoms in total. The molecule has 2 unspecified atom stereocenters. The summed E-state index contributed by atoms with van der Waals surface area (Å²) in [4.78, 5) is 17.7. The van der Waals surface area contributed by atoms with E-state index in [-0.39, 0.29) is 6.10 Å². The molecule has 0 saturated carbocycles. The van der Waals surface area contributed by atoms with Crippen molar-refractivity contribution in [1.82, 2.24) is 24.7 Å². The molecule has 2 saturated heterocycles. The Kier molecular flexibility index (Phi) is 8.95. The summed E-state index contributed by atoms with van der Waals surface area (Å²) in [5, 5.41) is 3.65. The first-order chi connectivity index (χ1) is 18.1. The Balaban J connectivity index is 1.28. The van der Waals surface area contributed by atoms with Crippen molar-refractivity contribution in [3.8, 4) is 0 Å². The molecular formula is C30H46N6O. The predicted octanol–water partition coefficient (Wildman–Crippen LogP) is 4.48. The van der Waals surface area contributed by atoms with Crippen LogP contribution in [0.15, 0.2) is 30.0 Å². The lowest BCUT2D eigenvalue weighted by atomic mass is 10.0. The van der Waals surface area contributed by atoms with Crippen LogP contribution in [0.4, 0.5) is 5.82 Å². The normalized spacial score (nSPS) is 26.6. The third-order valence-corrected chi connectivity index (χ3v) is 8.37. The molecule has 4 aliphatic heterocycles. The topological polar surface area (TPSA) is 56.8 Å². The summed E-state index contributed by atoms with van der Waals surface area (Å²) in [5.41, 5.74) is 4.71. The van der Waals surface area contributed by atoms with Crippen LogP contribution in [0.5, 0.6) is 0 Å². The van der Waals surface area contributed by atoms with Crippen LogP contribution in [-0.2, 0) is 17.8 Å². The highest BCUT2D eigenvalue weighted by Crippen LogP contribution is 2.29. The van der Waals surface area contributed by atoms with E-state index >= 15 is 0 Å². The summed E-state index contributed by atoms with van der Waals surface area (Å²) in [7, 11) is 2.24. The standard InChI is InChI=1S/C30H46N6O/c1-4-25(20-24-10-18-36(21-24)26-9-7-13-34(3)17-11-26)29-32-28-19-23(2)37-22-27(28)30(33-29)31-12-8-16-35-14-5-6-15-35/h4,10,18,20,23,26H,5-9,11-17,19,21-22H2,1-3H3,(H,31,32,33)/b24-20-,25-4+. The number of hydrogen-bond donors (Lipinski definition) is 1. The van der Waals surface area contributed by atoms with Crippen molar-refractivity contribution >= 4 is 11.4 Å². The number of hydrogen-bond acceptors (Lipinski definition) is 7. The molecule has 0 spiro atoms. The van der Waals surface area contributed by atoms with E-state index in [9.17, 15) is 0 Å². The molecule has 0 amide bonds. The lowest BCUT2D eigenvalue weighted by Gasteiger charge is -2.27. The zero-order chi connectivity index (χ0) is 25.6. The van der Waals surface area contributed by atoms with E-state index in [1.807, 2.05) is 0 Å². The minimum atomic E-state index is 0.190. The van der Waals surface area contributed by atoms with Gasteiger partial charge in [-0.3, -0.25) is 0 Å². The first-order valence-corrected chi connectivity index (χ1v) is 14.6. The molecular weight excluding hydrogens is 460 g/mol. The number of allylic oxidation sites excluding steroid dienone is 3. The van der Waals surface area contributed by atoms with Gasteiger partial charge >= 0.3 is 0 Å². The first kappa shape index (κ1) is 26.4. The monoisotopic (exact) mass is 506 g/mol. The van der Waals surface area contributed by atoms with E-state index in [0.29, 0.717) is 12.6 Å². The summed E-state index contributed by atoms with van der Waals surface area (Å²) in [6.07, 6.45) is 17.7. The van der Waals surface area contributed by atoms with Gasteiger partial charge in [0.1, 0.15) is 5.82 Å². The van der Waals surface area contributed by atoms with E-state index in [4.69, 9.17) is 14.7 Å². The van der Waals surface area contributed by atoms with Gasteiger partial charge in [0, 0.05) is 36.7 Å². The van der Waals surface area contributed by atoms with E-state index in [1.165, 1.54) is 63.9 Å². The highest BCUT2D eigenvalue weighted by molar-refractivity contribution is 5.72. The van der Waals surface area contributed by atoms with Gasteiger partial charge < -0.3 is 24.8 Å². The van der Waals surface area contributed by atoms with Crippen LogP contribution in [0.2, 0.25) is 0 Å². The smallest absolute Gasteiger partial charge is 0.161 e. The van der Waals surface area contributed by atoms with Gasteiger partial charge in [-0.15, -0.1) is 0 Å². The van der Waals surface area contributed by atoms with Gasteiger partial charge in [0.05, 0.1) is 18.4 Å². The van der Waals surface area contributed by atoms with Gasteiger partial charge in [-0.1, -0.05) is 6.08 Å². The minimum Gasteiger partial charge on any atom is -0.373 e. The lowest BCUT2D eigenvalue weighted by Crippen LogP contribution is -2.30. The average Bonchev–Trinajstić information content (AvgIpc) is 3.54. The molecule has 5 heterocycles. The maximum absolute atomic E-state index is 5.98. The van der Waals surface area contributed by atoms with Crippen molar-refractivity contribution in [2.24, 2.45) is 0 Å². The Labute approximate surface area is 223 Å².